The van der Waals surface area contributed by atoms with Gasteiger partial charge in [0.2, 0.25) is 10.0 Å². The maximum absolute atomic E-state index is 13.1. The Morgan fingerprint density at radius 2 is 1.95 bits per heavy atom. The van der Waals surface area contributed by atoms with E-state index < -0.39 is 15.8 Å². The van der Waals surface area contributed by atoms with E-state index in [1.165, 1.54) is 13.8 Å². The Morgan fingerprint density at radius 1 is 1.42 bits per heavy atom. The Bertz CT molecular complexity index is 576. The number of halogens is 1. The molecule has 0 atom stereocenters. The monoisotopic (exact) mass is 289 g/mol. The van der Waals surface area contributed by atoms with E-state index in [9.17, 15) is 12.8 Å². The van der Waals surface area contributed by atoms with Gasteiger partial charge in [-0.1, -0.05) is 5.16 Å². The van der Waals surface area contributed by atoms with Gasteiger partial charge in [-0.25, -0.2) is 17.5 Å². The normalized spacial score (nSPS) is 12.7. The van der Waals surface area contributed by atoms with E-state index in [2.05, 4.69) is 9.88 Å². The van der Waals surface area contributed by atoms with Crippen molar-refractivity contribution in [2.45, 2.75) is 25.2 Å². The molecule has 0 aliphatic heterocycles. The standard InChI is InChI=1S/C11H16FN3O3S/c1-7-5-9(12)6-8(2)11(7)19(17,18)14-4-3-10(13)15-16/h5-6,14,16H,3-4H2,1-2H3,(H2,13,15). The van der Waals surface area contributed by atoms with Gasteiger partial charge in [0.15, 0.2) is 0 Å². The van der Waals surface area contributed by atoms with E-state index in [1.54, 1.807) is 0 Å². The molecule has 0 saturated heterocycles. The number of amidine groups is 1. The van der Waals surface area contributed by atoms with Gasteiger partial charge in [0, 0.05) is 13.0 Å². The van der Waals surface area contributed by atoms with Crippen LogP contribution in [0.15, 0.2) is 22.2 Å². The van der Waals surface area contributed by atoms with Crippen LogP contribution in [0.2, 0.25) is 0 Å². The molecular formula is C11H16FN3O3S. The van der Waals surface area contributed by atoms with E-state index >= 15 is 0 Å². The minimum atomic E-state index is -3.75. The minimum absolute atomic E-state index is 0.00547. The van der Waals surface area contributed by atoms with Gasteiger partial charge in [-0.05, 0) is 37.1 Å². The number of hydrogen-bond donors (Lipinski definition) is 3. The van der Waals surface area contributed by atoms with Gasteiger partial charge >= 0.3 is 0 Å². The molecule has 106 valence electrons. The lowest BCUT2D eigenvalue weighted by Gasteiger charge is -2.12. The summed E-state index contributed by atoms with van der Waals surface area (Å²) in [4.78, 5) is 0.0495. The first-order chi connectivity index (χ1) is 8.77. The highest BCUT2D eigenvalue weighted by molar-refractivity contribution is 7.89. The van der Waals surface area contributed by atoms with Crippen molar-refractivity contribution in [2.24, 2.45) is 10.9 Å². The Labute approximate surface area is 111 Å². The van der Waals surface area contributed by atoms with Crippen LogP contribution in [0.1, 0.15) is 17.5 Å². The summed E-state index contributed by atoms with van der Waals surface area (Å²) in [7, 11) is -3.75. The number of rotatable bonds is 5. The smallest absolute Gasteiger partial charge is 0.241 e. The molecule has 0 bridgehead atoms. The lowest BCUT2D eigenvalue weighted by molar-refractivity contribution is 0.317. The van der Waals surface area contributed by atoms with Crippen LogP contribution in [0.4, 0.5) is 4.39 Å². The second-order valence-corrected chi connectivity index (χ2v) is 5.81. The summed E-state index contributed by atoms with van der Waals surface area (Å²) < 4.78 is 39.6. The van der Waals surface area contributed by atoms with Crippen LogP contribution < -0.4 is 10.5 Å². The average molecular weight is 289 g/mol. The predicted octanol–water partition coefficient (Wildman–Crippen LogP) is 0.857. The molecule has 1 aromatic rings. The Hall–Kier alpha value is -1.67. The van der Waals surface area contributed by atoms with Crippen LogP contribution in [-0.2, 0) is 10.0 Å². The molecule has 0 aliphatic carbocycles. The number of benzene rings is 1. The molecule has 0 fully saturated rings. The first kappa shape index (κ1) is 15.4. The Kier molecular flexibility index (Phi) is 4.84. The van der Waals surface area contributed by atoms with Crippen LogP contribution in [0, 0.1) is 19.7 Å². The molecule has 0 aliphatic rings. The van der Waals surface area contributed by atoms with E-state index in [4.69, 9.17) is 10.9 Å². The quantitative estimate of drug-likeness (QED) is 0.323. The molecule has 0 aromatic heterocycles. The fourth-order valence-electron chi connectivity index (χ4n) is 1.76. The molecule has 0 saturated carbocycles. The predicted molar refractivity (Wildman–Crippen MR) is 69.1 cm³/mol. The minimum Gasteiger partial charge on any atom is -0.409 e. The lowest BCUT2D eigenvalue weighted by Crippen LogP contribution is -2.29. The van der Waals surface area contributed by atoms with Gasteiger partial charge < -0.3 is 10.9 Å². The summed E-state index contributed by atoms with van der Waals surface area (Å²) >= 11 is 0. The summed E-state index contributed by atoms with van der Waals surface area (Å²) in [6.07, 6.45) is 0.0784. The van der Waals surface area contributed by atoms with Crippen molar-refractivity contribution in [3.05, 3.63) is 29.1 Å². The highest BCUT2D eigenvalue weighted by Gasteiger charge is 2.19. The zero-order valence-corrected chi connectivity index (χ0v) is 11.5. The molecule has 6 nitrogen and oxygen atoms in total. The highest BCUT2D eigenvalue weighted by Crippen LogP contribution is 2.21. The van der Waals surface area contributed by atoms with E-state index in [0.717, 1.165) is 12.1 Å². The van der Waals surface area contributed by atoms with Gasteiger partial charge in [0.05, 0.1) is 4.90 Å². The average Bonchev–Trinajstić information content (AvgIpc) is 2.26. The van der Waals surface area contributed by atoms with Crippen molar-refractivity contribution in [1.29, 1.82) is 0 Å². The molecule has 0 amide bonds. The largest absolute Gasteiger partial charge is 0.409 e. The molecule has 1 rings (SSSR count). The second kappa shape index (κ2) is 5.98. The maximum atomic E-state index is 13.1. The van der Waals surface area contributed by atoms with Crippen molar-refractivity contribution >= 4 is 15.9 Å². The van der Waals surface area contributed by atoms with Crippen molar-refractivity contribution in [3.8, 4) is 0 Å². The van der Waals surface area contributed by atoms with E-state index in [0.29, 0.717) is 11.1 Å². The number of oxime groups is 1. The lowest BCUT2D eigenvalue weighted by atomic mass is 10.1. The fraction of sp³-hybridized carbons (Fsp3) is 0.364. The SMILES string of the molecule is Cc1cc(F)cc(C)c1S(=O)(=O)NCC/C(N)=N/O. The Balaban J connectivity index is 2.95. The first-order valence-electron chi connectivity index (χ1n) is 5.50. The van der Waals surface area contributed by atoms with Crippen molar-refractivity contribution < 1.29 is 18.0 Å². The topological polar surface area (TPSA) is 105 Å². The van der Waals surface area contributed by atoms with Gasteiger partial charge in [-0.3, -0.25) is 0 Å². The van der Waals surface area contributed by atoms with Crippen LogP contribution in [0.5, 0.6) is 0 Å². The van der Waals surface area contributed by atoms with E-state index in [-0.39, 0.29) is 23.7 Å². The van der Waals surface area contributed by atoms with Crippen LogP contribution >= 0.6 is 0 Å². The summed E-state index contributed by atoms with van der Waals surface area (Å²) in [5.74, 6) is -0.555. The summed E-state index contributed by atoms with van der Waals surface area (Å²) in [5.41, 5.74) is 5.89. The second-order valence-electron chi connectivity index (χ2n) is 4.11. The maximum Gasteiger partial charge on any atom is 0.241 e. The first-order valence-corrected chi connectivity index (χ1v) is 6.99. The fourth-order valence-corrected chi connectivity index (χ4v) is 3.24. The number of nitrogens with zero attached hydrogens (tertiary/aromatic N) is 1. The van der Waals surface area contributed by atoms with Gasteiger partial charge in [-0.15, -0.1) is 0 Å². The van der Waals surface area contributed by atoms with Crippen LogP contribution in [0.25, 0.3) is 0 Å². The number of nitrogens with two attached hydrogens (primary N) is 1. The van der Waals surface area contributed by atoms with Crippen LogP contribution in [-0.4, -0.2) is 26.0 Å². The highest BCUT2D eigenvalue weighted by atomic mass is 32.2. The number of aryl methyl sites for hydroxylation is 2. The van der Waals surface area contributed by atoms with E-state index in [1.807, 2.05) is 0 Å². The third-order valence-electron chi connectivity index (χ3n) is 2.50. The molecule has 4 N–H and O–H groups in total. The molecule has 8 heteroatoms. The van der Waals surface area contributed by atoms with Crippen molar-refractivity contribution in [2.75, 3.05) is 6.54 Å². The van der Waals surface area contributed by atoms with Crippen molar-refractivity contribution in [1.82, 2.24) is 4.72 Å². The molecule has 0 radical (unpaired) electrons. The van der Waals surface area contributed by atoms with Gasteiger partial charge in [0.25, 0.3) is 0 Å². The van der Waals surface area contributed by atoms with Crippen molar-refractivity contribution in [3.63, 3.8) is 0 Å². The van der Waals surface area contributed by atoms with Crippen LogP contribution in [0.3, 0.4) is 0 Å². The Morgan fingerprint density at radius 3 is 2.42 bits per heavy atom. The molecule has 0 heterocycles. The molecule has 19 heavy (non-hydrogen) atoms. The summed E-state index contributed by atoms with van der Waals surface area (Å²) in [6, 6.07) is 2.32. The summed E-state index contributed by atoms with van der Waals surface area (Å²) in [6.45, 7) is 3.04. The molecule has 0 spiro atoms. The molecule has 1 aromatic carbocycles. The molecular weight excluding hydrogens is 273 g/mol. The van der Waals surface area contributed by atoms with Gasteiger partial charge in [0.1, 0.15) is 11.7 Å². The third-order valence-corrected chi connectivity index (χ3v) is 4.26. The molecule has 0 unspecified atom stereocenters. The number of sulfonamides is 1. The summed E-state index contributed by atoms with van der Waals surface area (Å²) in [5, 5.41) is 11.1. The van der Waals surface area contributed by atoms with Gasteiger partial charge in [-0.2, -0.15) is 0 Å². The third kappa shape index (κ3) is 3.90. The number of hydrogen-bond acceptors (Lipinski definition) is 4. The zero-order chi connectivity index (χ0) is 14.6. The number of nitrogens with one attached hydrogen (secondary N) is 1. The zero-order valence-electron chi connectivity index (χ0n) is 10.6.